The van der Waals surface area contributed by atoms with Gasteiger partial charge in [0.15, 0.2) is 0 Å². The minimum atomic E-state index is -0.932. The van der Waals surface area contributed by atoms with Gasteiger partial charge in [-0.2, -0.15) is 0 Å². The minimum absolute atomic E-state index is 0.00772. The van der Waals surface area contributed by atoms with Gasteiger partial charge in [0.05, 0.1) is 18.6 Å². The second-order valence-electron chi connectivity index (χ2n) is 10.1. The Hall–Kier alpha value is -3.78. The highest BCUT2D eigenvalue weighted by molar-refractivity contribution is 5.68. The van der Waals surface area contributed by atoms with Crippen molar-refractivity contribution in [2.75, 3.05) is 13.2 Å². The average Bonchev–Trinajstić information content (AvgIpc) is 3.44. The number of ether oxygens (including phenoxy) is 4. The van der Waals surface area contributed by atoms with Gasteiger partial charge in [-0.15, -0.1) is 0 Å². The lowest BCUT2D eigenvalue weighted by Gasteiger charge is -2.18. The highest BCUT2D eigenvalue weighted by atomic mass is 19.1. The fraction of sp³-hybridized carbons (Fsp3) is 0.345. The number of rotatable bonds is 9. The Kier molecular flexibility index (Phi) is 6.69. The van der Waals surface area contributed by atoms with E-state index in [1.54, 1.807) is 56.3 Å². The van der Waals surface area contributed by atoms with Crippen LogP contribution in [-0.2, 0) is 11.2 Å². The zero-order chi connectivity index (χ0) is 26.2. The molecular formula is C29H29FO7. The molecule has 0 radical (unpaired) electrons. The van der Waals surface area contributed by atoms with Crippen LogP contribution >= 0.6 is 0 Å². The number of aliphatic carboxylic acids is 1. The number of hydrogen-bond acceptors (Lipinski definition) is 6. The van der Waals surface area contributed by atoms with Gasteiger partial charge in [-0.3, -0.25) is 4.79 Å². The number of halogens is 1. The van der Waals surface area contributed by atoms with Gasteiger partial charge in [-0.1, -0.05) is 6.07 Å². The van der Waals surface area contributed by atoms with Crippen molar-refractivity contribution in [1.29, 1.82) is 0 Å². The van der Waals surface area contributed by atoms with Crippen LogP contribution in [0.5, 0.6) is 28.7 Å². The first-order valence-electron chi connectivity index (χ1n) is 12.3. The molecule has 1 heterocycles. The Labute approximate surface area is 214 Å². The van der Waals surface area contributed by atoms with E-state index in [1.165, 1.54) is 6.07 Å². The lowest BCUT2D eigenvalue weighted by atomic mass is 9.98. The Morgan fingerprint density at radius 3 is 2.54 bits per heavy atom. The Bertz CT molecular complexity index is 1300. The number of carboxylic acids is 1. The molecule has 5 rings (SSSR count). The van der Waals surface area contributed by atoms with Gasteiger partial charge in [-0.05, 0) is 69.2 Å². The molecule has 2 atom stereocenters. The summed E-state index contributed by atoms with van der Waals surface area (Å²) in [5.74, 6) is 1.51. The molecule has 8 heteroatoms. The van der Waals surface area contributed by atoms with Gasteiger partial charge >= 0.3 is 5.97 Å². The first kappa shape index (κ1) is 24.9. The topological polar surface area (TPSA) is 94.5 Å². The van der Waals surface area contributed by atoms with Gasteiger partial charge in [0.1, 0.15) is 47.3 Å². The van der Waals surface area contributed by atoms with Crippen molar-refractivity contribution in [1.82, 2.24) is 0 Å². The Morgan fingerprint density at radius 2 is 1.81 bits per heavy atom. The molecule has 0 bridgehead atoms. The van der Waals surface area contributed by atoms with Crippen molar-refractivity contribution in [3.8, 4) is 28.7 Å². The quantitative estimate of drug-likeness (QED) is 0.378. The molecule has 0 saturated carbocycles. The van der Waals surface area contributed by atoms with Crippen LogP contribution in [0.4, 0.5) is 4.39 Å². The summed E-state index contributed by atoms with van der Waals surface area (Å²) in [6.07, 6.45) is 0.719. The van der Waals surface area contributed by atoms with Crippen LogP contribution in [0.15, 0.2) is 54.6 Å². The molecule has 2 aliphatic rings. The van der Waals surface area contributed by atoms with Crippen LogP contribution in [0.1, 0.15) is 55.4 Å². The lowest BCUT2D eigenvalue weighted by Crippen LogP contribution is -2.27. The van der Waals surface area contributed by atoms with Crippen LogP contribution in [0.3, 0.4) is 0 Å². The number of benzene rings is 3. The van der Waals surface area contributed by atoms with Crippen molar-refractivity contribution in [2.45, 2.75) is 50.7 Å². The van der Waals surface area contributed by atoms with Crippen LogP contribution in [-0.4, -0.2) is 35.0 Å². The number of carboxylic acid groups (broad SMARTS) is 1. The standard InChI is InChI=1S/C29H29FO7/c1-29(2,33)16-35-18-3-5-19(6-4-18)36-24-12-10-23(30)28-22(24)9-11-25(28)37-20-7-8-21-17(13-27(31)32)15-34-26(21)14-20/h3-8,10,12,14,17,25,33H,9,11,13,15-16H2,1-2H3,(H,31,32)/t17?,25-/m1/s1. The normalized spacial score (nSPS) is 18.1. The van der Waals surface area contributed by atoms with Crippen molar-refractivity contribution < 1.29 is 38.3 Å². The molecule has 1 aliphatic carbocycles. The van der Waals surface area contributed by atoms with E-state index >= 15 is 0 Å². The number of aliphatic hydroxyl groups is 1. The maximum atomic E-state index is 14.9. The maximum Gasteiger partial charge on any atom is 0.304 e. The van der Waals surface area contributed by atoms with Crippen LogP contribution in [0.2, 0.25) is 0 Å². The number of fused-ring (bicyclic) bond motifs is 2. The molecule has 3 aromatic carbocycles. The molecule has 2 N–H and O–H groups in total. The van der Waals surface area contributed by atoms with E-state index in [1.807, 2.05) is 6.07 Å². The van der Waals surface area contributed by atoms with Gasteiger partial charge in [0.2, 0.25) is 0 Å². The maximum absolute atomic E-state index is 14.9. The van der Waals surface area contributed by atoms with E-state index in [-0.39, 0.29) is 24.8 Å². The monoisotopic (exact) mass is 508 g/mol. The first-order valence-corrected chi connectivity index (χ1v) is 12.3. The van der Waals surface area contributed by atoms with Crippen molar-refractivity contribution in [3.63, 3.8) is 0 Å². The van der Waals surface area contributed by atoms with E-state index in [2.05, 4.69) is 0 Å². The number of carbonyl (C=O) groups is 1. The van der Waals surface area contributed by atoms with Crippen LogP contribution < -0.4 is 18.9 Å². The van der Waals surface area contributed by atoms with Gasteiger partial charge in [0, 0.05) is 28.7 Å². The molecule has 0 fully saturated rings. The predicted octanol–water partition coefficient (Wildman–Crippen LogP) is 5.78. The third-order valence-corrected chi connectivity index (χ3v) is 6.45. The summed E-state index contributed by atoms with van der Waals surface area (Å²) in [6, 6.07) is 15.4. The minimum Gasteiger partial charge on any atom is -0.492 e. The molecule has 37 heavy (non-hydrogen) atoms. The molecule has 194 valence electrons. The van der Waals surface area contributed by atoms with E-state index in [0.717, 1.165) is 11.1 Å². The lowest BCUT2D eigenvalue weighted by molar-refractivity contribution is -0.137. The predicted molar refractivity (Wildman–Crippen MR) is 133 cm³/mol. The molecule has 0 saturated heterocycles. The molecule has 0 spiro atoms. The fourth-order valence-corrected chi connectivity index (χ4v) is 4.72. The molecule has 3 aromatic rings. The summed E-state index contributed by atoms with van der Waals surface area (Å²) >= 11 is 0. The average molecular weight is 509 g/mol. The van der Waals surface area contributed by atoms with Crippen molar-refractivity contribution in [3.05, 3.63) is 77.1 Å². The summed E-state index contributed by atoms with van der Waals surface area (Å²) < 4.78 is 38.4. The molecular weight excluding hydrogens is 479 g/mol. The number of hydrogen-bond donors (Lipinski definition) is 2. The second-order valence-corrected chi connectivity index (χ2v) is 10.1. The molecule has 7 nitrogen and oxygen atoms in total. The smallest absolute Gasteiger partial charge is 0.304 e. The first-order chi connectivity index (χ1) is 17.7. The largest absolute Gasteiger partial charge is 0.492 e. The summed E-state index contributed by atoms with van der Waals surface area (Å²) in [7, 11) is 0. The third kappa shape index (κ3) is 5.64. The summed E-state index contributed by atoms with van der Waals surface area (Å²) in [4.78, 5) is 11.1. The second kappa shape index (κ2) is 9.94. The Morgan fingerprint density at radius 1 is 1.08 bits per heavy atom. The van der Waals surface area contributed by atoms with Crippen LogP contribution in [0.25, 0.3) is 0 Å². The highest BCUT2D eigenvalue weighted by Gasteiger charge is 2.32. The third-order valence-electron chi connectivity index (χ3n) is 6.45. The SMILES string of the molecule is CC(C)(O)COc1ccc(Oc2ccc(F)c3c2CC[C@H]3Oc2ccc3c(c2)OCC3CC(=O)O)cc1. The zero-order valence-electron chi connectivity index (χ0n) is 20.7. The van der Waals surface area contributed by atoms with Gasteiger partial charge in [-0.25, -0.2) is 4.39 Å². The van der Waals surface area contributed by atoms with Gasteiger partial charge in [0.25, 0.3) is 0 Å². The van der Waals surface area contributed by atoms with Crippen LogP contribution in [0, 0.1) is 5.82 Å². The fourth-order valence-electron chi connectivity index (χ4n) is 4.72. The molecule has 1 aliphatic heterocycles. The summed E-state index contributed by atoms with van der Waals surface area (Å²) in [5.41, 5.74) is 1.16. The van der Waals surface area contributed by atoms with Gasteiger partial charge < -0.3 is 29.2 Å². The highest BCUT2D eigenvalue weighted by Crippen LogP contribution is 2.44. The summed E-state index contributed by atoms with van der Waals surface area (Å²) in [6.45, 7) is 3.83. The molecule has 1 unspecified atom stereocenters. The van der Waals surface area contributed by atoms with E-state index < -0.39 is 17.7 Å². The Balaban J connectivity index is 1.29. The molecule has 0 amide bonds. The summed E-state index contributed by atoms with van der Waals surface area (Å²) in [5, 5.41) is 18.9. The van der Waals surface area contributed by atoms with E-state index in [9.17, 15) is 14.3 Å². The van der Waals surface area contributed by atoms with Crippen molar-refractivity contribution in [2.24, 2.45) is 0 Å². The zero-order valence-corrected chi connectivity index (χ0v) is 20.7. The van der Waals surface area contributed by atoms with E-state index in [0.29, 0.717) is 53.8 Å². The van der Waals surface area contributed by atoms with Crippen molar-refractivity contribution >= 4 is 5.97 Å². The van der Waals surface area contributed by atoms with E-state index in [4.69, 9.17) is 24.1 Å². The molecule has 0 aromatic heterocycles.